The fourth-order valence-corrected chi connectivity index (χ4v) is 0.949. The van der Waals surface area contributed by atoms with Crippen LogP contribution in [0, 0.1) is 11.6 Å². The van der Waals surface area contributed by atoms with Crippen molar-refractivity contribution in [2.45, 2.75) is 12.3 Å². The summed E-state index contributed by atoms with van der Waals surface area (Å²) >= 11 is 0. The van der Waals surface area contributed by atoms with E-state index in [-0.39, 0.29) is 5.69 Å². The topological polar surface area (TPSA) is 35.2 Å². The van der Waals surface area contributed by atoms with Crippen LogP contribution >= 0.6 is 0 Å². The van der Waals surface area contributed by atoms with Crippen LogP contribution in [0.25, 0.3) is 0 Å². The van der Waals surface area contributed by atoms with Crippen molar-refractivity contribution in [3.63, 3.8) is 0 Å². The Balaban J connectivity index is 2.83. The summed E-state index contributed by atoms with van der Waals surface area (Å²) in [7, 11) is 0. The molecule has 0 amide bonds. The average Bonchev–Trinajstić information content (AvgIpc) is 2.15. The summed E-state index contributed by atoms with van der Waals surface area (Å²) in [5, 5.41) is 0. The molecule has 0 aromatic heterocycles. The summed E-state index contributed by atoms with van der Waals surface area (Å²) in [4.78, 5) is 0. The van der Waals surface area contributed by atoms with Gasteiger partial charge < -0.3 is 10.5 Å². The van der Waals surface area contributed by atoms with E-state index in [4.69, 9.17) is 5.73 Å². The van der Waals surface area contributed by atoms with Gasteiger partial charge in [-0.2, -0.15) is 8.78 Å². The molecule has 96 valence electrons. The molecule has 2 N–H and O–H groups in total. The van der Waals surface area contributed by atoms with Crippen LogP contribution in [0.2, 0.25) is 0 Å². The highest BCUT2D eigenvalue weighted by Gasteiger charge is 2.42. The molecule has 0 radical (unpaired) electrons. The fourth-order valence-electron chi connectivity index (χ4n) is 0.949. The molecule has 0 fully saturated rings. The maximum absolute atomic E-state index is 13.0. The van der Waals surface area contributed by atoms with Crippen LogP contribution in [0.3, 0.4) is 0 Å². The van der Waals surface area contributed by atoms with Gasteiger partial charge in [0.15, 0.2) is 24.0 Å². The Morgan fingerprint density at radius 2 is 1.65 bits per heavy atom. The van der Waals surface area contributed by atoms with Crippen LogP contribution < -0.4 is 10.5 Å². The summed E-state index contributed by atoms with van der Waals surface area (Å²) < 4.78 is 78.4. The number of halogens is 6. The molecule has 0 aliphatic carbocycles. The molecule has 17 heavy (non-hydrogen) atoms. The van der Waals surface area contributed by atoms with Gasteiger partial charge in [-0.15, -0.1) is 0 Å². The van der Waals surface area contributed by atoms with Crippen molar-refractivity contribution >= 4 is 5.69 Å². The molecular weight excluding hydrogens is 252 g/mol. The van der Waals surface area contributed by atoms with E-state index in [2.05, 4.69) is 4.74 Å². The van der Waals surface area contributed by atoms with Crippen LogP contribution in [0.15, 0.2) is 12.1 Å². The molecule has 0 saturated carbocycles. The van der Waals surface area contributed by atoms with Crippen LogP contribution in [0.1, 0.15) is 0 Å². The predicted octanol–water partition coefficient (Wildman–Crippen LogP) is 2.83. The largest absolute Gasteiger partial charge is 0.481 e. The third-order valence-electron chi connectivity index (χ3n) is 1.75. The van der Waals surface area contributed by atoms with Crippen LogP contribution in [-0.4, -0.2) is 19.0 Å². The van der Waals surface area contributed by atoms with Gasteiger partial charge in [0.05, 0.1) is 0 Å². The molecule has 0 atom stereocenters. The molecule has 0 unspecified atom stereocenters. The van der Waals surface area contributed by atoms with E-state index < -0.39 is 36.3 Å². The smallest absolute Gasteiger partial charge is 0.340 e. The molecule has 1 aromatic rings. The van der Waals surface area contributed by atoms with E-state index in [0.29, 0.717) is 12.1 Å². The number of ether oxygens (including phenoxy) is 1. The minimum Gasteiger partial charge on any atom is -0.481 e. The highest BCUT2D eigenvalue weighted by Crippen LogP contribution is 2.28. The van der Waals surface area contributed by atoms with Gasteiger partial charge in [0.1, 0.15) is 0 Å². The van der Waals surface area contributed by atoms with Crippen molar-refractivity contribution in [3.8, 4) is 5.75 Å². The summed E-state index contributed by atoms with van der Waals surface area (Å²) in [6.07, 6.45) is -3.98. The van der Waals surface area contributed by atoms with Gasteiger partial charge in [-0.3, -0.25) is 0 Å². The van der Waals surface area contributed by atoms with Crippen molar-refractivity contribution in [2.75, 3.05) is 12.3 Å². The normalized spacial score (nSPS) is 11.9. The second-order valence-corrected chi connectivity index (χ2v) is 3.16. The molecule has 8 heteroatoms. The molecule has 0 spiro atoms. The lowest BCUT2D eigenvalue weighted by molar-refractivity contribution is -0.148. The quantitative estimate of drug-likeness (QED) is 0.666. The van der Waals surface area contributed by atoms with Crippen molar-refractivity contribution in [1.29, 1.82) is 0 Å². The molecule has 0 aliphatic rings. The number of nitrogens with two attached hydrogens (primary N) is 1. The van der Waals surface area contributed by atoms with E-state index in [1.54, 1.807) is 0 Å². The predicted molar refractivity (Wildman–Crippen MR) is 47.2 cm³/mol. The van der Waals surface area contributed by atoms with Crippen molar-refractivity contribution in [2.24, 2.45) is 0 Å². The lowest BCUT2D eigenvalue weighted by atomic mass is 10.3. The highest BCUT2D eigenvalue weighted by molar-refractivity contribution is 5.44. The van der Waals surface area contributed by atoms with Gasteiger partial charge in [0.2, 0.25) is 0 Å². The SMILES string of the molecule is Nc1cc(F)c(OCC(F)(F)C(F)F)c(F)c1. The van der Waals surface area contributed by atoms with Crippen molar-refractivity contribution in [3.05, 3.63) is 23.8 Å². The lowest BCUT2D eigenvalue weighted by Gasteiger charge is -2.16. The fraction of sp³-hybridized carbons (Fsp3) is 0.333. The van der Waals surface area contributed by atoms with Crippen LogP contribution in [0.5, 0.6) is 5.75 Å². The molecular formula is C9H7F6NO. The molecule has 2 nitrogen and oxygen atoms in total. The highest BCUT2D eigenvalue weighted by atomic mass is 19.3. The first-order valence-electron chi connectivity index (χ1n) is 4.27. The summed E-state index contributed by atoms with van der Waals surface area (Å²) in [5.74, 6) is -8.33. The number of alkyl halides is 4. The van der Waals surface area contributed by atoms with E-state index in [1.807, 2.05) is 0 Å². The molecule has 1 aromatic carbocycles. The Hall–Kier alpha value is -1.60. The molecule has 0 saturated heterocycles. The summed E-state index contributed by atoms with van der Waals surface area (Å²) in [5.41, 5.74) is 4.77. The van der Waals surface area contributed by atoms with E-state index in [9.17, 15) is 26.3 Å². The third-order valence-corrected chi connectivity index (χ3v) is 1.75. The monoisotopic (exact) mass is 259 g/mol. The number of rotatable bonds is 4. The summed E-state index contributed by atoms with van der Waals surface area (Å²) in [6.45, 7) is -1.83. The minimum atomic E-state index is -4.49. The van der Waals surface area contributed by atoms with Gasteiger partial charge >= 0.3 is 12.3 Å². The zero-order chi connectivity index (χ0) is 13.2. The van der Waals surface area contributed by atoms with E-state index in [0.717, 1.165) is 0 Å². The Morgan fingerprint density at radius 1 is 1.18 bits per heavy atom. The third kappa shape index (κ3) is 3.18. The van der Waals surface area contributed by atoms with Crippen LogP contribution in [-0.2, 0) is 0 Å². The second kappa shape index (κ2) is 4.72. The Kier molecular flexibility index (Phi) is 3.74. The Labute approximate surface area is 92.0 Å². The number of hydrogen-bond donors (Lipinski definition) is 1. The summed E-state index contributed by atoms with van der Waals surface area (Å²) in [6, 6.07) is 1.25. The Morgan fingerprint density at radius 3 is 2.06 bits per heavy atom. The first-order valence-corrected chi connectivity index (χ1v) is 4.27. The standard InChI is InChI=1S/C9H7F6NO/c10-5-1-4(16)2-6(11)7(5)17-3-9(14,15)8(12)13/h1-2,8H,3,16H2. The molecule has 0 heterocycles. The Bertz CT molecular complexity index is 385. The minimum absolute atomic E-state index is 0.284. The van der Waals surface area contributed by atoms with Gasteiger partial charge in [-0.05, 0) is 0 Å². The van der Waals surface area contributed by atoms with Gasteiger partial charge in [-0.1, -0.05) is 0 Å². The first-order chi connectivity index (χ1) is 7.74. The van der Waals surface area contributed by atoms with Crippen molar-refractivity contribution in [1.82, 2.24) is 0 Å². The van der Waals surface area contributed by atoms with Gasteiger partial charge in [0, 0.05) is 17.8 Å². The van der Waals surface area contributed by atoms with Gasteiger partial charge in [0.25, 0.3) is 0 Å². The molecule has 0 bridgehead atoms. The first kappa shape index (κ1) is 13.5. The maximum atomic E-state index is 13.0. The van der Waals surface area contributed by atoms with E-state index >= 15 is 0 Å². The molecule has 0 aliphatic heterocycles. The second-order valence-electron chi connectivity index (χ2n) is 3.16. The number of hydrogen-bond acceptors (Lipinski definition) is 2. The molecule has 1 rings (SSSR count). The zero-order valence-electron chi connectivity index (χ0n) is 8.19. The number of anilines is 1. The van der Waals surface area contributed by atoms with Gasteiger partial charge in [-0.25, -0.2) is 17.6 Å². The van der Waals surface area contributed by atoms with E-state index in [1.165, 1.54) is 0 Å². The van der Waals surface area contributed by atoms with Crippen LogP contribution in [0.4, 0.5) is 32.0 Å². The average molecular weight is 259 g/mol. The number of benzene rings is 1. The lowest BCUT2D eigenvalue weighted by Crippen LogP contribution is -2.34. The maximum Gasteiger partial charge on any atom is 0.340 e. The van der Waals surface area contributed by atoms with Crippen molar-refractivity contribution < 1.29 is 31.1 Å². The zero-order valence-corrected chi connectivity index (χ0v) is 8.19. The number of nitrogen functional groups attached to an aromatic ring is 1.